The first kappa shape index (κ1) is 12.4. The van der Waals surface area contributed by atoms with Gasteiger partial charge in [-0.15, -0.1) is 0 Å². The Bertz CT molecular complexity index is 346. The molecular weight excluding hydrogens is 212 g/mol. The van der Waals surface area contributed by atoms with Crippen LogP contribution in [0.5, 0.6) is 0 Å². The zero-order valence-electron chi connectivity index (χ0n) is 10.7. The Morgan fingerprint density at radius 3 is 2.47 bits per heavy atom. The number of hydrogen-bond donors (Lipinski definition) is 1. The highest BCUT2D eigenvalue weighted by Gasteiger charge is 2.47. The molecule has 0 bridgehead atoms. The summed E-state index contributed by atoms with van der Waals surface area (Å²) in [5.41, 5.74) is 7.36. The van der Waals surface area contributed by atoms with Crippen LogP contribution in [0.25, 0.3) is 0 Å². The van der Waals surface area contributed by atoms with Crippen molar-refractivity contribution >= 4 is 5.69 Å². The predicted molar refractivity (Wildman–Crippen MR) is 71.3 cm³/mol. The van der Waals surface area contributed by atoms with Crippen LogP contribution < -0.4 is 10.6 Å². The molecule has 1 aliphatic rings. The summed E-state index contributed by atoms with van der Waals surface area (Å²) in [4.78, 5) is 2.42. The topological polar surface area (TPSA) is 38.5 Å². The number of likely N-dealkylation sites (N-methyl/N-ethyl adjacent to an activating group) is 1. The van der Waals surface area contributed by atoms with Gasteiger partial charge in [-0.2, -0.15) is 0 Å². The minimum atomic E-state index is 0.0940. The van der Waals surface area contributed by atoms with E-state index in [2.05, 4.69) is 36.1 Å². The van der Waals surface area contributed by atoms with Crippen molar-refractivity contribution < 1.29 is 4.74 Å². The number of ether oxygens (including phenoxy) is 1. The van der Waals surface area contributed by atoms with Crippen LogP contribution in [-0.4, -0.2) is 31.8 Å². The van der Waals surface area contributed by atoms with Gasteiger partial charge in [0.25, 0.3) is 0 Å². The Morgan fingerprint density at radius 2 is 2.00 bits per heavy atom. The molecule has 94 valence electrons. The number of methoxy groups -OCH3 is 1. The molecule has 3 heteroatoms. The second kappa shape index (κ2) is 5.07. The first-order valence-electron chi connectivity index (χ1n) is 6.31. The first-order chi connectivity index (χ1) is 8.25. The van der Waals surface area contributed by atoms with Gasteiger partial charge in [-0.1, -0.05) is 18.2 Å². The van der Waals surface area contributed by atoms with E-state index in [1.165, 1.54) is 5.69 Å². The quantitative estimate of drug-likeness (QED) is 0.847. The van der Waals surface area contributed by atoms with Crippen molar-refractivity contribution in [3.05, 3.63) is 30.3 Å². The summed E-state index contributed by atoms with van der Waals surface area (Å²) >= 11 is 0. The molecule has 1 aromatic rings. The molecule has 0 unspecified atom stereocenters. The summed E-state index contributed by atoms with van der Waals surface area (Å²) in [5, 5.41) is 0. The lowest BCUT2D eigenvalue weighted by molar-refractivity contribution is -0.0138. The zero-order chi connectivity index (χ0) is 12.3. The number of rotatable bonds is 5. The largest absolute Gasteiger partial charge is 0.381 e. The monoisotopic (exact) mass is 234 g/mol. The molecule has 1 aromatic carbocycles. The summed E-state index contributed by atoms with van der Waals surface area (Å²) < 4.78 is 5.39. The Labute approximate surface area is 104 Å². The number of nitrogens with zero attached hydrogens (tertiary/aromatic N) is 1. The molecule has 0 spiro atoms. The number of anilines is 1. The molecule has 0 heterocycles. The number of para-hydroxylation sites is 1. The normalized spacial score (nSPS) is 27.6. The van der Waals surface area contributed by atoms with Crippen LogP contribution in [0.4, 0.5) is 5.69 Å². The van der Waals surface area contributed by atoms with Crippen molar-refractivity contribution in [2.45, 2.75) is 31.4 Å². The number of nitrogens with two attached hydrogens (primary N) is 1. The molecule has 0 amide bonds. The lowest BCUT2D eigenvalue weighted by Crippen LogP contribution is -2.64. The van der Waals surface area contributed by atoms with Gasteiger partial charge in [-0.25, -0.2) is 0 Å². The van der Waals surface area contributed by atoms with Gasteiger partial charge in [0.15, 0.2) is 0 Å². The highest BCUT2D eigenvalue weighted by Crippen LogP contribution is 2.41. The van der Waals surface area contributed by atoms with Crippen LogP contribution in [-0.2, 0) is 4.74 Å². The third-order valence-electron chi connectivity index (χ3n) is 3.89. The fraction of sp³-hybridized carbons (Fsp3) is 0.571. The fourth-order valence-electron chi connectivity index (χ4n) is 2.85. The summed E-state index contributed by atoms with van der Waals surface area (Å²) in [6, 6.07) is 10.5. The number of benzene rings is 1. The van der Waals surface area contributed by atoms with E-state index < -0.39 is 0 Å². The van der Waals surface area contributed by atoms with Crippen LogP contribution in [0.1, 0.15) is 19.8 Å². The molecule has 2 N–H and O–H groups in total. The second-order valence-corrected chi connectivity index (χ2v) is 4.77. The summed E-state index contributed by atoms with van der Waals surface area (Å²) in [5.74, 6) is 0. The van der Waals surface area contributed by atoms with Gasteiger partial charge >= 0.3 is 0 Å². The van der Waals surface area contributed by atoms with E-state index in [-0.39, 0.29) is 5.54 Å². The number of hydrogen-bond acceptors (Lipinski definition) is 3. The SMILES string of the molecule is CCN(c1ccccc1)C1(CN)CC(OC)C1. The third-order valence-corrected chi connectivity index (χ3v) is 3.89. The van der Waals surface area contributed by atoms with Crippen molar-refractivity contribution in [1.29, 1.82) is 0 Å². The van der Waals surface area contributed by atoms with Crippen molar-refractivity contribution in [1.82, 2.24) is 0 Å². The van der Waals surface area contributed by atoms with Crippen molar-refractivity contribution in [2.24, 2.45) is 5.73 Å². The zero-order valence-corrected chi connectivity index (χ0v) is 10.7. The van der Waals surface area contributed by atoms with Crippen LogP contribution in [0, 0.1) is 0 Å². The highest BCUT2D eigenvalue weighted by molar-refractivity contribution is 5.50. The van der Waals surface area contributed by atoms with Gasteiger partial charge in [-0.3, -0.25) is 0 Å². The van der Waals surface area contributed by atoms with E-state index >= 15 is 0 Å². The summed E-state index contributed by atoms with van der Waals surface area (Å²) in [6.45, 7) is 3.86. The molecule has 0 aromatic heterocycles. The van der Waals surface area contributed by atoms with Crippen LogP contribution in [0.3, 0.4) is 0 Å². The van der Waals surface area contributed by atoms with Gasteiger partial charge in [0.1, 0.15) is 0 Å². The van der Waals surface area contributed by atoms with Crippen LogP contribution in [0.15, 0.2) is 30.3 Å². The Hall–Kier alpha value is -1.06. The van der Waals surface area contributed by atoms with E-state index in [1.807, 2.05) is 6.07 Å². The summed E-state index contributed by atoms with van der Waals surface area (Å²) in [6.07, 6.45) is 2.43. The van der Waals surface area contributed by atoms with E-state index in [9.17, 15) is 0 Å². The smallest absolute Gasteiger partial charge is 0.0617 e. The van der Waals surface area contributed by atoms with E-state index in [0.29, 0.717) is 12.6 Å². The molecule has 0 atom stereocenters. The molecule has 1 saturated carbocycles. The van der Waals surface area contributed by atoms with Gasteiger partial charge in [0, 0.05) is 25.9 Å². The van der Waals surface area contributed by atoms with Crippen molar-refractivity contribution in [2.75, 3.05) is 25.1 Å². The van der Waals surface area contributed by atoms with Gasteiger partial charge in [0.2, 0.25) is 0 Å². The standard InChI is InChI=1S/C14H22N2O/c1-3-16(12-7-5-4-6-8-12)14(11-15)9-13(10-14)17-2/h4-8,13H,3,9-11,15H2,1-2H3. The molecule has 2 rings (SSSR count). The minimum Gasteiger partial charge on any atom is -0.381 e. The Kier molecular flexibility index (Phi) is 3.69. The Morgan fingerprint density at radius 1 is 1.35 bits per heavy atom. The molecule has 0 saturated heterocycles. The predicted octanol–water partition coefficient (Wildman–Crippen LogP) is 2.02. The lowest BCUT2D eigenvalue weighted by Gasteiger charge is -2.54. The first-order valence-corrected chi connectivity index (χ1v) is 6.31. The highest BCUT2D eigenvalue weighted by atomic mass is 16.5. The molecule has 0 aliphatic heterocycles. The lowest BCUT2D eigenvalue weighted by atomic mass is 9.72. The fourth-order valence-corrected chi connectivity index (χ4v) is 2.85. The molecule has 0 radical (unpaired) electrons. The maximum absolute atomic E-state index is 6.00. The Balaban J connectivity index is 2.18. The molecule has 3 nitrogen and oxygen atoms in total. The van der Waals surface area contributed by atoms with Crippen LogP contribution in [0.2, 0.25) is 0 Å². The van der Waals surface area contributed by atoms with Crippen molar-refractivity contribution in [3.63, 3.8) is 0 Å². The summed E-state index contributed by atoms with van der Waals surface area (Å²) in [7, 11) is 1.78. The molecule has 1 aliphatic carbocycles. The average molecular weight is 234 g/mol. The third kappa shape index (κ3) is 2.17. The van der Waals surface area contributed by atoms with Crippen molar-refractivity contribution in [3.8, 4) is 0 Å². The average Bonchev–Trinajstić information content (AvgIpc) is 2.34. The van der Waals surface area contributed by atoms with Crippen LogP contribution >= 0.6 is 0 Å². The van der Waals surface area contributed by atoms with Gasteiger partial charge < -0.3 is 15.4 Å². The van der Waals surface area contributed by atoms with E-state index in [4.69, 9.17) is 10.5 Å². The van der Waals surface area contributed by atoms with Gasteiger partial charge in [0.05, 0.1) is 11.6 Å². The maximum atomic E-state index is 6.00. The van der Waals surface area contributed by atoms with Gasteiger partial charge in [-0.05, 0) is 31.9 Å². The van der Waals surface area contributed by atoms with E-state index in [0.717, 1.165) is 19.4 Å². The molecule has 17 heavy (non-hydrogen) atoms. The minimum absolute atomic E-state index is 0.0940. The molecule has 1 fully saturated rings. The second-order valence-electron chi connectivity index (χ2n) is 4.77. The van der Waals surface area contributed by atoms with E-state index in [1.54, 1.807) is 7.11 Å². The maximum Gasteiger partial charge on any atom is 0.0617 e. The molecular formula is C14H22N2O.